The van der Waals surface area contributed by atoms with Crippen molar-refractivity contribution in [3.8, 4) is 0 Å². The van der Waals surface area contributed by atoms with Crippen molar-refractivity contribution in [1.82, 2.24) is 10.2 Å². The van der Waals surface area contributed by atoms with Gasteiger partial charge >= 0.3 is 0 Å². The van der Waals surface area contributed by atoms with Crippen molar-refractivity contribution in [2.24, 2.45) is 5.41 Å². The fourth-order valence-corrected chi connectivity index (χ4v) is 2.32. The number of hydrogen-bond acceptors (Lipinski definition) is 4. The Balaban J connectivity index is 2.42. The van der Waals surface area contributed by atoms with Crippen molar-refractivity contribution >= 4 is 0 Å². The van der Waals surface area contributed by atoms with Crippen molar-refractivity contribution in [2.75, 3.05) is 47.1 Å². The van der Waals surface area contributed by atoms with Crippen LogP contribution in [0.3, 0.4) is 0 Å². The minimum absolute atomic E-state index is 0.276. The highest BCUT2D eigenvalue weighted by molar-refractivity contribution is 4.86. The van der Waals surface area contributed by atoms with Gasteiger partial charge in [0.05, 0.1) is 13.2 Å². The SMILES string of the molecule is COCCN(CC(C)(C)CNC1CC1)C(C)COC. The first-order valence-electron chi connectivity index (χ1n) is 7.44. The summed E-state index contributed by atoms with van der Waals surface area (Å²) in [5, 5.41) is 3.64. The molecule has 19 heavy (non-hydrogen) atoms. The van der Waals surface area contributed by atoms with Gasteiger partial charge in [-0.25, -0.2) is 0 Å². The topological polar surface area (TPSA) is 33.7 Å². The average Bonchev–Trinajstić information content (AvgIpc) is 3.16. The highest BCUT2D eigenvalue weighted by atomic mass is 16.5. The van der Waals surface area contributed by atoms with Crippen LogP contribution in [0.5, 0.6) is 0 Å². The molecule has 0 radical (unpaired) electrons. The van der Waals surface area contributed by atoms with Crippen LogP contribution in [-0.4, -0.2) is 64.1 Å². The lowest BCUT2D eigenvalue weighted by Gasteiger charge is -2.36. The summed E-state index contributed by atoms with van der Waals surface area (Å²) in [5.41, 5.74) is 0.276. The third-order valence-corrected chi connectivity index (χ3v) is 3.69. The molecule has 1 rings (SSSR count). The molecule has 1 aliphatic carbocycles. The highest BCUT2D eigenvalue weighted by Crippen LogP contribution is 2.23. The van der Waals surface area contributed by atoms with Gasteiger partial charge in [-0.05, 0) is 25.2 Å². The van der Waals surface area contributed by atoms with Crippen molar-refractivity contribution < 1.29 is 9.47 Å². The minimum Gasteiger partial charge on any atom is -0.383 e. The number of rotatable bonds is 11. The Morgan fingerprint density at radius 1 is 1.26 bits per heavy atom. The average molecular weight is 272 g/mol. The molecule has 0 bridgehead atoms. The molecule has 1 unspecified atom stereocenters. The molecule has 1 atom stereocenters. The van der Waals surface area contributed by atoms with Crippen LogP contribution in [-0.2, 0) is 9.47 Å². The summed E-state index contributed by atoms with van der Waals surface area (Å²) in [6, 6.07) is 1.21. The second-order valence-corrected chi connectivity index (χ2v) is 6.59. The van der Waals surface area contributed by atoms with Gasteiger partial charge in [0.1, 0.15) is 0 Å². The lowest BCUT2D eigenvalue weighted by atomic mass is 9.92. The van der Waals surface area contributed by atoms with Crippen molar-refractivity contribution in [1.29, 1.82) is 0 Å². The molecule has 0 heterocycles. The van der Waals surface area contributed by atoms with Crippen LogP contribution in [0, 0.1) is 5.41 Å². The monoisotopic (exact) mass is 272 g/mol. The molecule has 0 aromatic carbocycles. The fourth-order valence-electron chi connectivity index (χ4n) is 2.32. The molecule has 1 fully saturated rings. The number of nitrogens with one attached hydrogen (secondary N) is 1. The van der Waals surface area contributed by atoms with Gasteiger partial charge in [0.25, 0.3) is 0 Å². The van der Waals surface area contributed by atoms with Gasteiger partial charge in [-0.2, -0.15) is 0 Å². The summed E-state index contributed by atoms with van der Waals surface area (Å²) < 4.78 is 10.5. The van der Waals surface area contributed by atoms with Crippen LogP contribution in [0.15, 0.2) is 0 Å². The zero-order chi connectivity index (χ0) is 14.3. The highest BCUT2D eigenvalue weighted by Gasteiger charge is 2.28. The van der Waals surface area contributed by atoms with Crippen LogP contribution < -0.4 is 5.32 Å². The molecule has 4 nitrogen and oxygen atoms in total. The zero-order valence-corrected chi connectivity index (χ0v) is 13.4. The van der Waals surface area contributed by atoms with E-state index in [1.807, 2.05) is 0 Å². The van der Waals surface area contributed by atoms with Crippen LogP contribution >= 0.6 is 0 Å². The molecule has 0 spiro atoms. The van der Waals surface area contributed by atoms with Crippen LogP contribution in [0.1, 0.15) is 33.6 Å². The van der Waals surface area contributed by atoms with Gasteiger partial charge in [0, 0.05) is 45.9 Å². The van der Waals surface area contributed by atoms with Crippen LogP contribution in [0.4, 0.5) is 0 Å². The van der Waals surface area contributed by atoms with E-state index in [-0.39, 0.29) is 5.41 Å². The summed E-state index contributed by atoms with van der Waals surface area (Å²) in [4.78, 5) is 2.47. The van der Waals surface area contributed by atoms with E-state index in [2.05, 4.69) is 31.0 Å². The van der Waals surface area contributed by atoms with Crippen molar-refractivity contribution in [3.05, 3.63) is 0 Å². The molecule has 1 aliphatic rings. The van der Waals surface area contributed by atoms with Gasteiger partial charge in [0.15, 0.2) is 0 Å². The van der Waals surface area contributed by atoms with Crippen LogP contribution in [0.25, 0.3) is 0 Å². The summed E-state index contributed by atoms with van der Waals surface area (Å²) in [6.07, 6.45) is 2.70. The molecule has 0 saturated heterocycles. The Labute approximate surface area is 118 Å². The Morgan fingerprint density at radius 3 is 2.47 bits per heavy atom. The fraction of sp³-hybridized carbons (Fsp3) is 1.00. The molecule has 4 heteroatoms. The van der Waals surface area contributed by atoms with E-state index in [1.54, 1.807) is 14.2 Å². The second kappa shape index (κ2) is 8.20. The Bertz CT molecular complexity index is 242. The smallest absolute Gasteiger partial charge is 0.0615 e. The Kier molecular flexibility index (Phi) is 7.29. The van der Waals surface area contributed by atoms with Crippen molar-refractivity contribution in [2.45, 2.75) is 45.7 Å². The van der Waals surface area contributed by atoms with Gasteiger partial charge in [0.2, 0.25) is 0 Å². The summed E-state index contributed by atoms with van der Waals surface area (Å²) >= 11 is 0. The normalized spacial score (nSPS) is 18.0. The molecule has 1 saturated carbocycles. The number of ether oxygens (including phenoxy) is 2. The maximum Gasteiger partial charge on any atom is 0.0615 e. The van der Waals surface area contributed by atoms with E-state index < -0.39 is 0 Å². The van der Waals surface area contributed by atoms with E-state index >= 15 is 0 Å². The Hall–Kier alpha value is -0.160. The van der Waals surface area contributed by atoms with Gasteiger partial charge in [-0.1, -0.05) is 13.8 Å². The minimum atomic E-state index is 0.276. The lowest BCUT2D eigenvalue weighted by molar-refractivity contribution is 0.0509. The number of hydrogen-bond donors (Lipinski definition) is 1. The summed E-state index contributed by atoms with van der Waals surface area (Å²) in [6.45, 7) is 11.6. The summed E-state index contributed by atoms with van der Waals surface area (Å²) in [7, 11) is 3.53. The van der Waals surface area contributed by atoms with Gasteiger partial charge in [-0.3, -0.25) is 4.90 Å². The maximum absolute atomic E-state index is 5.29. The standard InChI is InChI=1S/C15H32N2O2/c1-13(10-19-5)17(8-9-18-4)12-15(2,3)11-16-14-6-7-14/h13-14,16H,6-12H2,1-5H3. The predicted octanol–water partition coefficient (Wildman–Crippen LogP) is 1.75. The van der Waals surface area contributed by atoms with E-state index in [9.17, 15) is 0 Å². The number of nitrogens with zero attached hydrogens (tertiary/aromatic N) is 1. The maximum atomic E-state index is 5.29. The van der Waals surface area contributed by atoms with Crippen molar-refractivity contribution in [3.63, 3.8) is 0 Å². The second-order valence-electron chi connectivity index (χ2n) is 6.59. The van der Waals surface area contributed by atoms with Gasteiger partial charge < -0.3 is 14.8 Å². The molecule has 114 valence electrons. The Morgan fingerprint density at radius 2 is 1.95 bits per heavy atom. The molecule has 1 N–H and O–H groups in total. The van der Waals surface area contributed by atoms with E-state index in [0.29, 0.717) is 6.04 Å². The lowest BCUT2D eigenvalue weighted by Crippen LogP contribution is -2.47. The van der Waals surface area contributed by atoms with E-state index in [1.165, 1.54) is 12.8 Å². The number of methoxy groups -OCH3 is 2. The third-order valence-electron chi connectivity index (χ3n) is 3.69. The summed E-state index contributed by atoms with van der Waals surface area (Å²) in [5.74, 6) is 0. The first-order valence-corrected chi connectivity index (χ1v) is 7.44. The quantitative estimate of drug-likeness (QED) is 0.621. The third kappa shape index (κ3) is 7.25. The van der Waals surface area contributed by atoms with E-state index in [4.69, 9.17) is 9.47 Å². The zero-order valence-electron chi connectivity index (χ0n) is 13.4. The molecule has 0 amide bonds. The largest absolute Gasteiger partial charge is 0.383 e. The molecular weight excluding hydrogens is 240 g/mol. The first kappa shape index (κ1) is 16.9. The molecule has 0 aromatic heterocycles. The predicted molar refractivity (Wildman–Crippen MR) is 79.6 cm³/mol. The van der Waals surface area contributed by atoms with Crippen LogP contribution in [0.2, 0.25) is 0 Å². The molecular formula is C15H32N2O2. The van der Waals surface area contributed by atoms with Gasteiger partial charge in [-0.15, -0.1) is 0 Å². The molecule has 0 aliphatic heterocycles. The molecule has 0 aromatic rings. The first-order chi connectivity index (χ1) is 8.98. The van der Waals surface area contributed by atoms with E-state index in [0.717, 1.165) is 38.9 Å².